The normalized spacial score (nSPS) is 11.8. The molecule has 0 spiro atoms. The van der Waals surface area contributed by atoms with Gasteiger partial charge in [0.1, 0.15) is 12.4 Å². The monoisotopic (exact) mass is 221 g/mol. The van der Waals surface area contributed by atoms with Crippen LogP contribution in [0.5, 0.6) is 0 Å². The van der Waals surface area contributed by atoms with Crippen LogP contribution >= 0.6 is 0 Å². The lowest BCUT2D eigenvalue weighted by Crippen LogP contribution is -2.33. The molecule has 16 heavy (non-hydrogen) atoms. The molecule has 1 amide bonds. The molecule has 0 saturated carbocycles. The first-order valence-corrected chi connectivity index (χ1v) is 4.95. The minimum atomic E-state index is -0.170. The smallest absolute Gasteiger partial charge is 0.244 e. The third kappa shape index (κ3) is 3.28. The van der Waals surface area contributed by atoms with E-state index in [1.54, 1.807) is 26.2 Å². The molecule has 1 heterocycles. The largest absolute Gasteiger partial charge is 0.382 e. The zero-order valence-corrected chi connectivity index (χ0v) is 9.42. The number of anilines is 1. The number of carbonyl (C=O) groups excluding carboxylic acids is 1. The summed E-state index contributed by atoms with van der Waals surface area (Å²) in [5, 5.41) is 12.6. The SMILES string of the molecule is CC(C#N)CN(C)C(=O)Cn1ccc(N)n1. The van der Waals surface area contributed by atoms with E-state index >= 15 is 0 Å². The maximum Gasteiger partial charge on any atom is 0.244 e. The average Bonchev–Trinajstić information content (AvgIpc) is 2.63. The number of aromatic nitrogens is 2. The van der Waals surface area contributed by atoms with Gasteiger partial charge in [-0.05, 0) is 13.0 Å². The van der Waals surface area contributed by atoms with E-state index in [4.69, 9.17) is 11.0 Å². The molecule has 86 valence electrons. The molecule has 0 bridgehead atoms. The Balaban J connectivity index is 2.49. The lowest BCUT2D eigenvalue weighted by Gasteiger charge is -2.18. The van der Waals surface area contributed by atoms with Crippen molar-refractivity contribution < 1.29 is 4.79 Å². The average molecular weight is 221 g/mol. The maximum absolute atomic E-state index is 11.7. The molecule has 6 heteroatoms. The summed E-state index contributed by atoms with van der Waals surface area (Å²) in [6.07, 6.45) is 1.65. The minimum absolute atomic E-state index is 0.0924. The van der Waals surface area contributed by atoms with Crippen LogP contribution in [0.2, 0.25) is 0 Å². The van der Waals surface area contributed by atoms with Crippen molar-refractivity contribution in [1.82, 2.24) is 14.7 Å². The molecule has 0 aliphatic carbocycles. The molecule has 1 aromatic heterocycles. The molecule has 1 rings (SSSR count). The highest BCUT2D eigenvalue weighted by atomic mass is 16.2. The van der Waals surface area contributed by atoms with Crippen LogP contribution < -0.4 is 5.73 Å². The fourth-order valence-corrected chi connectivity index (χ4v) is 1.28. The number of carbonyl (C=O) groups is 1. The summed E-state index contributed by atoms with van der Waals surface area (Å²) < 4.78 is 1.48. The molecule has 0 radical (unpaired) electrons. The zero-order chi connectivity index (χ0) is 12.1. The predicted molar refractivity (Wildman–Crippen MR) is 59.1 cm³/mol. The summed E-state index contributed by atoms with van der Waals surface area (Å²) in [5.74, 6) is 0.127. The van der Waals surface area contributed by atoms with E-state index in [1.165, 1.54) is 9.58 Å². The Morgan fingerprint density at radius 1 is 1.81 bits per heavy atom. The van der Waals surface area contributed by atoms with E-state index < -0.39 is 0 Å². The Labute approximate surface area is 94.2 Å². The number of nitrogens with two attached hydrogens (primary N) is 1. The van der Waals surface area contributed by atoms with Crippen molar-refractivity contribution in [1.29, 1.82) is 5.26 Å². The number of hydrogen-bond acceptors (Lipinski definition) is 4. The highest BCUT2D eigenvalue weighted by Gasteiger charge is 2.12. The predicted octanol–water partition coefficient (Wildman–Crippen LogP) is 0.0834. The first kappa shape index (κ1) is 12.0. The summed E-state index contributed by atoms with van der Waals surface area (Å²) in [6, 6.07) is 3.71. The lowest BCUT2D eigenvalue weighted by molar-refractivity contribution is -0.131. The fraction of sp³-hybridized carbons (Fsp3) is 0.500. The van der Waals surface area contributed by atoms with Gasteiger partial charge in [0.05, 0.1) is 12.0 Å². The molecule has 0 saturated heterocycles. The van der Waals surface area contributed by atoms with Gasteiger partial charge in [-0.1, -0.05) is 0 Å². The van der Waals surface area contributed by atoms with Gasteiger partial charge in [-0.3, -0.25) is 9.48 Å². The van der Waals surface area contributed by atoms with Crippen LogP contribution in [0.15, 0.2) is 12.3 Å². The Morgan fingerprint density at radius 3 is 3.00 bits per heavy atom. The van der Waals surface area contributed by atoms with Gasteiger partial charge >= 0.3 is 0 Å². The lowest BCUT2D eigenvalue weighted by atomic mass is 10.2. The van der Waals surface area contributed by atoms with Crippen LogP contribution in [0.4, 0.5) is 5.82 Å². The van der Waals surface area contributed by atoms with Crippen molar-refractivity contribution in [3.8, 4) is 6.07 Å². The second-order valence-electron chi connectivity index (χ2n) is 3.74. The number of hydrogen-bond donors (Lipinski definition) is 1. The standard InChI is InChI=1S/C10H15N5O/c1-8(5-11)6-14(2)10(16)7-15-4-3-9(12)13-15/h3-4,8H,6-7H2,1-2H3,(H2,12,13). The van der Waals surface area contributed by atoms with Gasteiger partial charge in [0.15, 0.2) is 0 Å². The quantitative estimate of drug-likeness (QED) is 0.780. The van der Waals surface area contributed by atoms with E-state index in [0.29, 0.717) is 12.4 Å². The van der Waals surface area contributed by atoms with Crippen molar-refractivity contribution in [2.24, 2.45) is 5.92 Å². The number of nitriles is 1. The molecule has 0 aliphatic heterocycles. The highest BCUT2D eigenvalue weighted by molar-refractivity contribution is 5.75. The van der Waals surface area contributed by atoms with E-state index in [9.17, 15) is 4.79 Å². The Bertz CT molecular complexity index is 406. The van der Waals surface area contributed by atoms with Gasteiger partial charge in [-0.25, -0.2) is 0 Å². The number of rotatable bonds is 4. The second kappa shape index (κ2) is 5.16. The Hall–Kier alpha value is -2.03. The topological polar surface area (TPSA) is 87.9 Å². The van der Waals surface area contributed by atoms with Crippen molar-refractivity contribution >= 4 is 11.7 Å². The summed E-state index contributed by atoms with van der Waals surface area (Å²) in [5.41, 5.74) is 5.43. The van der Waals surface area contributed by atoms with E-state index in [0.717, 1.165) is 0 Å². The molecule has 2 N–H and O–H groups in total. The van der Waals surface area contributed by atoms with Gasteiger partial charge in [-0.2, -0.15) is 10.4 Å². The van der Waals surface area contributed by atoms with Crippen LogP contribution in [0.3, 0.4) is 0 Å². The van der Waals surface area contributed by atoms with Crippen LogP contribution in [0, 0.1) is 17.2 Å². The number of likely N-dealkylation sites (N-methyl/N-ethyl adjacent to an activating group) is 1. The molecule has 1 aromatic rings. The first-order valence-electron chi connectivity index (χ1n) is 4.95. The molecule has 6 nitrogen and oxygen atoms in total. The molecule has 1 atom stereocenters. The Morgan fingerprint density at radius 2 is 2.50 bits per heavy atom. The van der Waals surface area contributed by atoms with E-state index in [2.05, 4.69) is 11.2 Å². The first-order chi connectivity index (χ1) is 7.52. The van der Waals surface area contributed by atoms with Crippen molar-refractivity contribution in [3.63, 3.8) is 0 Å². The van der Waals surface area contributed by atoms with Gasteiger partial charge < -0.3 is 10.6 Å². The third-order valence-corrected chi connectivity index (χ3v) is 2.15. The van der Waals surface area contributed by atoms with Crippen molar-refractivity contribution in [2.75, 3.05) is 19.3 Å². The van der Waals surface area contributed by atoms with Crippen LogP contribution in [0.25, 0.3) is 0 Å². The summed E-state index contributed by atoms with van der Waals surface area (Å²) in [4.78, 5) is 13.2. The molecular formula is C10H15N5O. The van der Waals surface area contributed by atoms with Crippen LogP contribution in [-0.4, -0.2) is 34.2 Å². The molecular weight excluding hydrogens is 206 g/mol. The van der Waals surface area contributed by atoms with Gasteiger partial charge in [0.25, 0.3) is 0 Å². The summed E-state index contributed by atoms with van der Waals surface area (Å²) in [6.45, 7) is 2.34. The molecule has 1 unspecified atom stereocenters. The Kier molecular flexibility index (Phi) is 3.89. The molecule has 0 aromatic carbocycles. The van der Waals surface area contributed by atoms with Gasteiger partial charge in [-0.15, -0.1) is 0 Å². The third-order valence-electron chi connectivity index (χ3n) is 2.15. The van der Waals surface area contributed by atoms with E-state index in [-0.39, 0.29) is 18.4 Å². The van der Waals surface area contributed by atoms with Gasteiger partial charge in [0, 0.05) is 19.8 Å². The van der Waals surface area contributed by atoms with E-state index in [1.807, 2.05) is 0 Å². The highest BCUT2D eigenvalue weighted by Crippen LogP contribution is 2.00. The number of nitrogens with zero attached hydrogens (tertiary/aromatic N) is 4. The molecule has 0 aliphatic rings. The number of nitrogen functional groups attached to an aromatic ring is 1. The van der Waals surface area contributed by atoms with Crippen molar-refractivity contribution in [3.05, 3.63) is 12.3 Å². The fourth-order valence-electron chi connectivity index (χ4n) is 1.28. The summed E-state index contributed by atoms with van der Waals surface area (Å²) in [7, 11) is 1.67. The minimum Gasteiger partial charge on any atom is -0.382 e. The second-order valence-corrected chi connectivity index (χ2v) is 3.74. The zero-order valence-electron chi connectivity index (χ0n) is 9.42. The summed E-state index contributed by atoms with van der Waals surface area (Å²) >= 11 is 0. The number of amides is 1. The van der Waals surface area contributed by atoms with Crippen LogP contribution in [-0.2, 0) is 11.3 Å². The maximum atomic E-state index is 11.7. The molecule has 0 fully saturated rings. The van der Waals surface area contributed by atoms with Gasteiger partial charge in [0.2, 0.25) is 5.91 Å². The van der Waals surface area contributed by atoms with Crippen LogP contribution in [0.1, 0.15) is 6.92 Å². The van der Waals surface area contributed by atoms with Crippen molar-refractivity contribution in [2.45, 2.75) is 13.5 Å².